The van der Waals surface area contributed by atoms with Crippen LogP contribution in [-0.4, -0.2) is 53.2 Å². The average molecular weight is 309 g/mol. The van der Waals surface area contributed by atoms with Gasteiger partial charge in [0.1, 0.15) is 5.65 Å². The maximum Gasteiger partial charge on any atom is 0.276 e. The van der Waals surface area contributed by atoms with Crippen molar-refractivity contribution in [2.45, 2.75) is 13.5 Å². The first-order chi connectivity index (χ1) is 9.93. The number of fused-ring (bicyclic) bond motifs is 1. The predicted molar refractivity (Wildman–Crippen MR) is 79.9 cm³/mol. The normalized spacial score (nSPS) is 18.4. The van der Waals surface area contributed by atoms with Gasteiger partial charge in [-0.15, -0.1) is 0 Å². The molecule has 0 unspecified atom stereocenters. The molecular formula is C13H19N5O2S. The summed E-state index contributed by atoms with van der Waals surface area (Å²) < 4.78 is 25.9. The summed E-state index contributed by atoms with van der Waals surface area (Å²) in [6.45, 7) is 4.98. The molecule has 0 atom stereocenters. The Balaban J connectivity index is 1.68. The highest BCUT2D eigenvalue weighted by atomic mass is 32.2. The molecule has 2 N–H and O–H groups in total. The highest BCUT2D eigenvalue weighted by Crippen LogP contribution is 2.12. The van der Waals surface area contributed by atoms with Crippen LogP contribution in [0.4, 0.5) is 0 Å². The van der Waals surface area contributed by atoms with Crippen LogP contribution in [0.5, 0.6) is 0 Å². The maximum absolute atomic E-state index is 11.3. The summed E-state index contributed by atoms with van der Waals surface area (Å²) in [6.07, 6.45) is 2.04. The second-order valence-corrected chi connectivity index (χ2v) is 6.89. The molecule has 2 aromatic heterocycles. The molecule has 3 rings (SSSR count). The van der Waals surface area contributed by atoms with Crippen molar-refractivity contribution in [1.29, 1.82) is 0 Å². The van der Waals surface area contributed by atoms with Gasteiger partial charge in [0, 0.05) is 44.6 Å². The zero-order chi connectivity index (χ0) is 15.0. The molecule has 1 aliphatic rings. The number of nitrogens with zero attached hydrogens (tertiary/aromatic N) is 4. The molecule has 7 nitrogen and oxygen atoms in total. The number of hydrogen-bond donors (Lipinski definition) is 1. The van der Waals surface area contributed by atoms with E-state index in [1.165, 1.54) is 4.31 Å². The number of hydrogen-bond acceptors (Lipinski definition) is 4. The Labute approximate surface area is 124 Å². The first-order valence-electron chi connectivity index (χ1n) is 6.87. The van der Waals surface area contributed by atoms with Crippen LogP contribution in [0.25, 0.3) is 5.65 Å². The van der Waals surface area contributed by atoms with E-state index in [2.05, 4.69) is 14.3 Å². The van der Waals surface area contributed by atoms with Crippen molar-refractivity contribution < 1.29 is 8.42 Å². The lowest BCUT2D eigenvalue weighted by Crippen LogP contribution is -2.50. The van der Waals surface area contributed by atoms with Gasteiger partial charge in [0.15, 0.2) is 0 Å². The second-order valence-electron chi connectivity index (χ2n) is 5.35. The van der Waals surface area contributed by atoms with E-state index in [0.717, 1.165) is 23.6 Å². The largest absolute Gasteiger partial charge is 0.304 e. The number of imidazole rings is 1. The Kier molecular flexibility index (Phi) is 3.70. The standard InChI is InChI=1S/C13H19N5O2S/c1-11-3-2-4-13-15-12(10-18(11)13)9-16-5-7-17(8-6-16)21(14,19)20/h2-4,10H,5-9H2,1H3,(H2,14,19,20). The number of pyridine rings is 1. The minimum absolute atomic E-state index is 0.436. The molecule has 8 heteroatoms. The highest BCUT2D eigenvalue weighted by Gasteiger charge is 2.24. The molecule has 3 heterocycles. The van der Waals surface area contributed by atoms with Crippen molar-refractivity contribution in [3.63, 3.8) is 0 Å². The van der Waals surface area contributed by atoms with Crippen LogP contribution in [0, 0.1) is 6.92 Å². The number of aryl methyl sites for hydroxylation is 1. The van der Waals surface area contributed by atoms with E-state index in [1.54, 1.807) is 0 Å². The van der Waals surface area contributed by atoms with Gasteiger partial charge < -0.3 is 4.40 Å². The van der Waals surface area contributed by atoms with Crippen molar-refractivity contribution in [3.8, 4) is 0 Å². The van der Waals surface area contributed by atoms with Gasteiger partial charge in [0.25, 0.3) is 10.2 Å². The Hall–Kier alpha value is -1.48. The number of piperazine rings is 1. The quantitative estimate of drug-likeness (QED) is 0.862. The fourth-order valence-corrected chi connectivity index (χ4v) is 3.32. The monoisotopic (exact) mass is 309 g/mol. The fourth-order valence-electron chi connectivity index (χ4n) is 2.65. The third-order valence-corrected chi connectivity index (χ3v) is 4.91. The second kappa shape index (κ2) is 5.38. The summed E-state index contributed by atoms with van der Waals surface area (Å²) in [5, 5.41) is 5.14. The molecule has 1 saturated heterocycles. The van der Waals surface area contributed by atoms with Crippen LogP contribution >= 0.6 is 0 Å². The molecule has 2 aromatic rings. The van der Waals surface area contributed by atoms with Crippen LogP contribution < -0.4 is 5.14 Å². The lowest BCUT2D eigenvalue weighted by molar-refractivity contribution is 0.180. The van der Waals surface area contributed by atoms with Gasteiger partial charge >= 0.3 is 0 Å². The van der Waals surface area contributed by atoms with Crippen LogP contribution in [0.1, 0.15) is 11.4 Å². The topological polar surface area (TPSA) is 83.9 Å². The zero-order valence-corrected chi connectivity index (χ0v) is 12.8. The smallest absolute Gasteiger partial charge is 0.276 e. The first-order valence-corrected chi connectivity index (χ1v) is 8.37. The van der Waals surface area contributed by atoms with Gasteiger partial charge in [-0.3, -0.25) is 4.90 Å². The van der Waals surface area contributed by atoms with Gasteiger partial charge in [-0.25, -0.2) is 10.1 Å². The zero-order valence-electron chi connectivity index (χ0n) is 11.9. The number of rotatable bonds is 3. The molecular weight excluding hydrogens is 290 g/mol. The molecule has 1 fully saturated rings. The molecule has 21 heavy (non-hydrogen) atoms. The molecule has 0 radical (unpaired) electrons. The van der Waals surface area contributed by atoms with Gasteiger partial charge in [-0.2, -0.15) is 12.7 Å². The third kappa shape index (κ3) is 3.08. The van der Waals surface area contributed by atoms with E-state index >= 15 is 0 Å². The molecule has 0 spiro atoms. The number of nitrogens with two attached hydrogens (primary N) is 1. The Morgan fingerprint density at radius 1 is 1.24 bits per heavy atom. The van der Waals surface area contributed by atoms with Crippen molar-refractivity contribution >= 4 is 15.9 Å². The summed E-state index contributed by atoms with van der Waals surface area (Å²) in [7, 11) is -3.56. The molecule has 0 amide bonds. The Bertz CT molecular complexity index is 747. The van der Waals surface area contributed by atoms with Crippen LogP contribution in [0.15, 0.2) is 24.4 Å². The van der Waals surface area contributed by atoms with E-state index in [4.69, 9.17) is 5.14 Å². The van der Waals surface area contributed by atoms with Gasteiger partial charge in [-0.1, -0.05) is 6.07 Å². The molecule has 0 bridgehead atoms. The Morgan fingerprint density at radius 3 is 2.57 bits per heavy atom. The first kappa shape index (κ1) is 14.5. The van der Waals surface area contributed by atoms with E-state index < -0.39 is 10.2 Å². The SMILES string of the molecule is Cc1cccc2nc(CN3CCN(S(N)(=O)=O)CC3)cn12. The molecule has 0 aliphatic carbocycles. The van der Waals surface area contributed by atoms with Crippen molar-refractivity contribution in [2.24, 2.45) is 5.14 Å². The molecule has 1 aliphatic heterocycles. The number of aromatic nitrogens is 2. The summed E-state index contributed by atoms with van der Waals surface area (Å²) in [5.74, 6) is 0. The maximum atomic E-state index is 11.3. The van der Waals surface area contributed by atoms with Gasteiger partial charge in [0.2, 0.25) is 0 Å². The fraction of sp³-hybridized carbons (Fsp3) is 0.462. The van der Waals surface area contributed by atoms with Crippen LogP contribution in [-0.2, 0) is 16.8 Å². The van der Waals surface area contributed by atoms with Crippen molar-refractivity contribution in [1.82, 2.24) is 18.6 Å². The highest BCUT2D eigenvalue weighted by molar-refractivity contribution is 7.86. The molecule has 114 valence electrons. The van der Waals surface area contributed by atoms with E-state index in [0.29, 0.717) is 26.2 Å². The molecule has 0 saturated carbocycles. The van der Waals surface area contributed by atoms with E-state index in [1.807, 2.05) is 31.3 Å². The lowest BCUT2D eigenvalue weighted by atomic mass is 10.3. The minimum atomic E-state index is -3.56. The van der Waals surface area contributed by atoms with Crippen LogP contribution in [0.2, 0.25) is 0 Å². The molecule has 0 aromatic carbocycles. The Morgan fingerprint density at radius 2 is 1.95 bits per heavy atom. The summed E-state index contributed by atoms with van der Waals surface area (Å²) in [6, 6.07) is 6.02. The average Bonchev–Trinajstić information content (AvgIpc) is 2.82. The predicted octanol–water partition coefficient (Wildman–Crippen LogP) is -0.0362. The minimum Gasteiger partial charge on any atom is -0.304 e. The van der Waals surface area contributed by atoms with Crippen molar-refractivity contribution in [3.05, 3.63) is 35.8 Å². The summed E-state index contributed by atoms with van der Waals surface area (Å²) in [4.78, 5) is 6.79. The van der Waals surface area contributed by atoms with Gasteiger partial charge in [-0.05, 0) is 19.1 Å². The lowest BCUT2D eigenvalue weighted by Gasteiger charge is -2.32. The van der Waals surface area contributed by atoms with Crippen molar-refractivity contribution in [2.75, 3.05) is 26.2 Å². The van der Waals surface area contributed by atoms with Gasteiger partial charge in [0.05, 0.1) is 5.69 Å². The summed E-state index contributed by atoms with van der Waals surface area (Å²) >= 11 is 0. The van der Waals surface area contributed by atoms with E-state index in [9.17, 15) is 8.42 Å². The van der Waals surface area contributed by atoms with Crippen LogP contribution in [0.3, 0.4) is 0 Å². The third-order valence-electron chi connectivity index (χ3n) is 3.82. The summed E-state index contributed by atoms with van der Waals surface area (Å²) in [5.41, 5.74) is 3.08. The van der Waals surface area contributed by atoms with E-state index in [-0.39, 0.29) is 0 Å².